The molecule has 0 aliphatic heterocycles. The maximum Gasteiger partial charge on any atom is 0.324 e. The van der Waals surface area contributed by atoms with Crippen LogP contribution in [0.2, 0.25) is 5.54 Å². The van der Waals surface area contributed by atoms with Crippen LogP contribution in [0.25, 0.3) is 0 Å². The van der Waals surface area contributed by atoms with Gasteiger partial charge in [0.25, 0.3) is 0 Å². The maximum atomic E-state index is 6.32. The Morgan fingerprint density at radius 1 is 1.00 bits per heavy atom. The molecule has 0 saturated heterocycles. The lowest BCUT2D eigenvalue weighted by Crippen LogP contribution is -2.41. The molecular formula is C16H34O2Si. The summed E-state index contributed by atoms with van der Waals surface area (Å²) < 4.78 is 12.3. The number of hydrogen-bond acceptors (Lipinski definition) is 2. The highest BCUT2D eigenvalue weighted by Gasteiger charge is 2.37. The van der Waals surface area contributed by atoms with Crippen LogP contribution in [0, 0.1) is 16.7 Å². The molecular weight excluding hydrogens is 252 g/mol. The molecule has 0 aromatic rings. The smallest absolute Gasteiger partial charge is 0.324 e. The third kappa shape index (κ3) is 5.20. The average Bonchev–Trinajstić information content (AvgIpc) is 2.10. The first-order valence-corrected chi connectivity index (χ1v) is 9.50. The van der Waals surface area contributed by atoms with Crippen LogP contribution < -0.4 is 0 Å². The lowest BCUT2D eigenvalue weighted by Gasteiger charge is -2.42. The van der Waals surface area contributed by atoms with Gasteiger partial charge in [-0.25, -0.2) is 0 Å². The van der Waals surface area contributed by atoms with E-state index < -0.39 is 9.28 Å². The summed E-state index contributed by atoms with van der Waals surface area (Å²) in [4.78, 5) is 0. The van der Waals surface area contributed by atoms with Gasteiger partial charge in [-0.2, -0.15) is 0 Å². The first-order valence-electron chi connectivity index (χ1n) is 7.89. The molecule has 1 aliphatic carbocycles. The van der Waals surface area contributed by atoms with E-state index in [0.29, 0.717) is 5.92 Å². The molecule has 0 spiro atoms. The molecule has 0 radical (unpaired) electrons. The van der Waals surface area contributed by atoms with Crippen molar-refractivity contribution in [3.63, 3.8) is 0 Å². The molecule has 1 saturated carbocycles. The van der Waals surface area contributed by atoms with Gasteiger partial charge in [0, 0.05) is 13.2 Å². The van der Waals surface area contributed by atoms with E-state index in [1.54, 1.807) is 0 Å². The molecule has 1 atom stereocenters. The van der Waals surface area contributed by atoms with Crippen molar-refractivity contribution in [2.45, 2.75) is 73.3 Å². The molecule has 3 heteroatoms. The van der Waals surface area contributed by atoms with E-state index >= 15 is 0 Å². The molecule has 114 valence electrons. The first kappa shape index (κ1) is 17.2. The van der Waals surface area contributed by atoms with Crippen LogP contribution in [0.3, 0.4) is 0 Å². The Bertz CT molecular complexity index is 247. The number of hydrogen-bond donors (Lipinski definition) is 0. The fourth-order valence-corrected chi connectivity index (χ4v) is 5.55. The van der Waals surface area contributed by atoms with Crippen molar-refractivity contribution in [2.24, 2.45) is 16.7 Å². The van der Waals surface area contributed by atoms with E-state index in [0.717, 1.165) is 18.8 Å². The topological polar surface area (TPSA) is 18.5 Å². The molecule has 0 heterocycles. The summed E-state index contributed by atoms with van der Waals surface area (Å²) in [5.41, 5.74) is 1.33. The van der Waals surface area contributed by atoms with Gasteiger partial charge in [0.2, 0.25) is 0 Å². The molecule has 1 aliphatic rings. The zero-order valence-electron chi connectivity index (χ0n) is 14.1. The van der Waals surface area contributed by atoms with E-state index in [-0.39, 0.29) is 10.8 Å². The fraction of sp³-hybridized carbons (Fsp3) is 1.00. The van der Waals surface area contributed by atoms with Crippen molar-refractivity contribution in [1.82, 2.24) is 0 Å². The van der Waals surface area contributed by atoms with Gasteiger partial charge in [-0.05, 0) is 42.1 Å². The summed E-state index contributed by atoms with van der Waals surface area (Å²) in [6.07, 6.45) is 4.02. The highest BCUT2D eigenvalue weighted by atomic mass is 28.3. The Kier molecular flexibility index (Phi) is 6.09. The van der Waals surface area contributed by atoms with E-state index in [1.165, 1.54) is 19.3 Å². The summed E-state index contributed by atoms with van der Waals surface area (Å²) in [7, 11) is -1.44. The third-order valence-electron chi connectivity index (χ3n) is 4.38. The minimum absolute atomic E-state index is 0.281. The van der Waals surface area contributed by atoms with Crippen LogP contribution in [-0.4, -0.2) is 22.5 Å². The quantitative estimate of drug-likeness (QED) is 0.668. The van der Waals surface area contributed by atoms with Gasteiger partial charge in [-0.1, -0.05) is 48.0 Å². The Labute approximate surface area is 122 Å². The maximum absolute atomic E-state index is 6.32. The molecule has 0 aromatic heterocycles. The molecule has 0 aromatic carbocycles. The average molecular weight is 287 g/mol. The van der Waals surface area contributed by atoms with Crippen LogP contribution in [0.4, 0.5) is 0 Å². The predicted molar refractivity (Wildman–Crippen MR) is 84.7 cm³/mol. The first-order chi connectivity index (χ1) is 8.66. The Hall–Kier alpha value is 0.137. The summed E-state index contributed by atoms with van der Waals surface area (Å²) >= 11 is 0. The second-order valence-corrected chi connectivity index (χ2v) is 10.5. The molecule has 1 rings (SSSR count). The molecule has 2 nitrogen and oxygen atoms in total. The van der Waals surface area contributed by atoms with Crippen LogP contribution >= 0.6 is 0 Å². The lowest BCUT2D eigenvalue weighted by atomic mass is 9.67. The SMILES string of the molecule is CCO[SiH](OCC(C(C)(C)C)C(C)(C)C)C1CCC1. The normalized spacial score (nSPS) is 19.6. The Morgan fingerprint density at radius 2 is 1.53 bits per heavy atom. The molecule has 0 bridgehead atoms. The molecule has 0 N–H and O–H groups in total. The minimum Gasteiger partial charge on any atom is -0.397 e. The van der Waals surface area contributed by atoms with Crippen molar-refractivity contribution in [3.8, 4) is 0 Å². The van der Waals surface area contributed by atoms with Gasteiger partial charge in [-0.15, -0.1) is 0 Å². The van der Waals surface area contributed by atoms with Gasteiger partial charge in [-0.3, -0.25) is 0 Å². The third-order valence-corrected chi connectivity index (χ3v) is 7.00. The Balaban J connectivity index is 2.58. The lowest BCUT2D eigenvalue weighted by molar-refractivity contribution is 0.0349. The zero-order chi connectivity index (χ0) is 14.7. The van der Waals surface area contributed by atoms with Crippen molar-refractivity contribution in [2.75, 3.05) is 13.2 Å². The highest BCUT2D eigenvalue weighted by Crippen LogP contribution is 2.41. The molecule has 19 heavy (non-hydrogen) atoms. The summed E-state index contributed by atoms with van der Waals surface area (Å²) in [5, 5.41) is 0. The van der Waals surface area contributed by atoms with Gasteiger partial charge in [0.05, 0.1) is 0 Å². The zero-order valence-corrected chi connectivity index (χ0v) is 15.2. The molecule has 1 fully saturated rings. The molecule has 1 unspecified atom stereocenters. The second-order valence-electron chi connectivity index (χ2n) is 8.13. The van der Waals surface area contributed by atoms with Gasteiger partial charge >= 0.3 is 9.28 Å². The van der Waals surface area contributed by atoms with Gasteiger partial charge in [0.15, 0.2) is 0 Å². The van der Waals surface area contributed by atoms with Crippen molar-refractivity contribution in [1.29, 1.82) is 0 Å². The van der Waals surface area contributed by atoms with Gasteiger partial charge < -0.3 is 8.85 Å². The van der Waals surface area contributed by atoms with Crippen LogP contribution in [0.5, 0.6) is 0 Å². The van der Waals surface area contributed by atoms with Gasteiger partial charge in [0.1, 0.15) is 0 Å². The largest absolute Gasteiger partial charge is 0.397 e. The standard InChI is InChI=1S/C16H34O2Si/c1-8-17-19(13-10-9-11-13)18-12-14(15(2,3)4)16(5,6)7/h13-14,19H,8-12H2,1-7H3. The number of rotatable bonds is 6. The van der Waals surface area contributed by atoms with E-state index in [1.807, 2.05) is 0 Å². The van der Waals surface area contributed by atoms with E-state index in [4.69, 9.17) is 8.85 Å². The van der Waals surface area contributed by atoms with Crippen molar-refractivity contribution in [3.05, 3.63) is 0 Å². The van der Waals surface area contributed by atoms with Crippen molar-refractivity contribution < 1.29 is 8.85 Å². The Morgan fingerprint density at radius 3 is 1.84 bits per heavy atom. The fourth-order valence-electron chi connectivity index (χ4n) is 3.19. The van der Waals surface area contributed by atoms with E-state index in [9.17, 15) is 0 Å². The van der Waals surface area contributed by atoms with Crippen LogP contribution in [0.1, 0.15) is 67.7 Å². The van der Waals surface area contributed by atoms with Crippen LogP contribution in [-0.2, 0) is 8.85 Å². The van der Waals surface area contributed by atoms with E-state index in [2.05, 4.69) is 48.5 Å². The predicted octanol–water partition coefficient (Wildman–Crippen LogP) is 4.52. The summed E-state index contributed by atoms with van der Waals surface area (Å²) in [6.45, 7) is 17.7. The second kappa shape index (κ2) is 6.73. The monoisotopic (exact) mass is 286 g/mol. The highest BCUT2D eigenvalue weighted by molar-refractivity contribution is 6.46. The minimum atomic E-state index is -1.44. The summed E-state index contributed by atoms with van der Waals surface area (Å²) in [6, 6.07) is 0. The molecule has 0 amide bonds. The van der Waals surface area contributed by atoms with Crippen LogP contribution in [0.15, 0.2) is 0 Å². The summed E-state index contributed by atoms with van der Waals surface area (Å²) in [5.74, 6) is 0.565. The van der Waals surface area contributed by atoms with Crippen molar-refractivity contribution >= 4 is 9.28 Å².